The molecule has 0 spiro atoms. The average molecular weight is 357 g/mol. The molecule has 0 radical (unpaired) electrons. The molecule has 1 heterocycles. The van der Waals surface area contributed by atoms with Gasteiger partial charge in [-0.3, -0.25) is 4.99 Å². The van der Waals surface area contributed by atoms with Crippen molar-refractivity contribution in [1.29, 1.82) is 0 Å². The van der Waals surface area contributed by atoms with E-state index in [4.69, 9.17) is 4.99 Å². The summed E-state index contributed by atoms with van der Waals surface area (Å²) in [5, 5.41) is 10.1. The molecule has 1 unspecified atom stereocenters. The number of nitrogens with zero attached hydrogens (tertiary/aromatic N) is 2. The summed E-state index contributed by atoms with van der Waals surface area (Å²) in [5.41, 5.74) is 4.16. The molecular formula is C20H28N4S. The molecule has 3 rings (SSSR count). The van der Waals surface area contributed by atoms with E-state index in [-0.39, 0.29) is 0 Å². The van der Waals surface area contributed by atoms with Crippen molar-refractivity contribution in [1.82, 2.24) is 15.6 Å². The van der Waals surface area contributed by atoms with Crippen LogP contribution in [-0.4, -0.2) is 30.6 Å². The van der Waals surface area contributed by atoms with E-state index in [1.807, 2.05) is 0 Å². The Balaban J connectivity index is 1.57. The predicted octanol–water partition coefficient (Wildman–Crippen LogP) is 3.67. The van der Waals surface area contributed by atoms with Gasteiger partial charge < -0.3 is 10.6 Å². The maximum Gasteiger partial charge on any atom is 0.191 e. The molecule has 4 nitrogen and oxygen atoms in total. The van der Waals surface area contributed by atoms with E-state index >= 15 is 0 Å². The van der Waals surface area contributed by atoms with Crippen LogP contribution < -0.4 is 10.6 Å². The SMILES string of the molecule is CCNC(=NCC1CCCc2ccccc21)NCCc1csc(C)n1. The van der Waals surface area contributed by atoms with Crippen LogP contribution in [-0.2, 0) is 12.8 Å². The van der Waals surface area contributed by atoms with Gasteiger partial charge in [0.15, 0.2) is 5.96 Å². The molecule has 0 amide bonds. The largest absolute Gasteiger partial charge is 0.357 e. The zero-order chi connectivity index (χ0) is 17.5. The smallest absolute Gasteiger partial charge is 0.191 e. The van der Waals surface area contributed by atoms with Gasteiger partial charge in [-0.25, -0.2) is 4.98 Å². The first-order valence-corrected chi connectivity index (χ1v) is 10.1. The molecule has 1 aliphatic carbocycles. The molecule has 0 saturated heterocycles. The van der Waals surface area contributed by atoms with E-state index in [0.29, 0.717) is 5.92 Å². The van der Waals surface area contributed by atoms with E-state index in [1.165, 1.54) is 30.4 Å². The molecule has 5 heteroatoms. The lowest BCUT2D eigenvalue weighted by Gasteiger charge is -2.24. The molecule has 134 valence electrons. The summed E-state index contributed by atoms with van der Waals surface area (Å²) in [7, 11) is 0. The van der Waals surface area contributed by atoms with Crippen molar-refractivity contribution >= 4 is 17.3 Å². The summed E-state index contributed by atoms with van der Waals surface area (Å²) in [4.78, 5) is 9.37. The van der Waals surface area contributed by atoms with Crippen LogP contribution in [0.25, 0.3) is 0 Å². The first kappa shape index (κ1) is 17.9. The lowest BCUT2D eigenvalue weighted by Crippen LogP contribution is -2.38. The third-order valence-electron chi connectivity index (χ3n) is 4.65. The van der Waals surface area contributed by atoms with Crippen LogP contribution in [0.2, 0.25) is 0 Å². The predicted molar refractivity (Wildman–Crippen MR) is 107 cm³/mol. The van der Waals surface area contributed by atoms with Crippen LogP contribution in [0.5, 0.6) is 0 Å². The van der Waals surface area contributed by atoms with Crippen molar-refractivity contribution < 1.29 is 0 Å². The highest BCUT2D eigenvalue weighted by atomic mass is 32.1. The highest BCUT2D eigenvalue weighted by Gasteiger charge is 2.19. The van der Waals surface area contributed by atoms with E-state index in [1.54, 1.807) is 11.3 Å². The van der Waals surface area contributed by atoms with Crippen LogP contribution in [0.1, 0.15) is 47.5 Å². The highest BCUT2D eigenvalue weighted by Crippen LogP contribution is 2.31. The van der Waals surface area contributed by atoms with E-state index in [9.17, 15) is 0 Å². The van der Waals surface area contributed by atoms with Gasteiger partial charge in [0.05, 0.1) is 10.7 Å². The summed E-state index contributed by atoms with van der Waals surface area (Å²) in [6.45, 7) is 6.74. The number of thiazole rings is 1. The number of aliphatic imine (C=N–C) groups is 1. The Morgan fingerprint density at radius 3 is 3.00 bits per heavy atom. The minimum atomic E-state index is 0.543. The molecule has 25 heavy (non-hydrogen) atoms. The van der Waals surface area contributed by atoms with Gasteiger partial charge in [0.25, 0.3) is 0 Å². The second kappa shape index (κ2) is 8.99. The van der Waals surface area contributed by atoms with Crippen LogP contribution in [0.3, 0.4) is 0 Å². The lowest BCUT2D eigenvalue weighted by molar-refractivity contribution is 0.559. The van der Waals surface area contributed by atoms with Crippen molar-refractivity contribution in [3.63, 3.8) is 0 Å². The molecule has 1 aromatic carbocycles. The Hall–Kier alpha value is -1.88. The van der Waals surface area contributed by atoms with Crippen molar-refractivity contribution in [2.45, 2.75) is 45.4 Å². The number of benzene rings is 1. The number of aromatic nitrogens is 1. The fraction of sp³-hybridized carbons (Fsp3) is 0.500. The Kier molecular flexibility index (Phi) is 6.45. The molecule has 1 atom stereocenters. The summed E-state index contributed by atoms with van der Waals surface area (Å²) < 4.78 is 0. The van der Waals surface area contributed by atoms with Gasteiger partial charge >= 0.3 is 0 Å². The number of nitrogens with one attached hydrogen (secondary N) is 2. The minimum Gasteiger partial charge on any atom is -0.357 e. The number of hydrogen-bond donors (Lipinski definition) is 2. The van der Waals surface area contributed by atoms with E-state index in [0.717, 1.165) is 42.7 Å². The van der Waals surface area contributed by atoms with Crippen molar-refractivity contribution in [2.75, 3.05) is 19.6 Å². The van der Waals surface area contributed by atoms with E-state index in [2.05, 4.69) is 59.1 Å². The second-order valence-electron chi connectivity index (χ2n) is 6.54. The van der Waals surface area contributed by atoms with Gasteiger partial charge in [-0.1, -0.05) is 24.3 Å². The number of hydrogen-bond acceptors (Lipinski definition) is 3. The normalized spacial score (nSPS) is 17.2. The zero-order valence-corrected chi connectivity index (χ0v) is 16.0. The topological polar surface area (TPSA) is 49.3 Å². The fourth-order valence-corrected chi connectivity index (χ4v) is 4.07. The Morgan fingerprint density at radius 2 is 2.20 bits per heavy atom. The molecule has 0 saturated carbocycles. The number of rotatable bonds is 6. The molecule has 2 N–H and O–H groups in total. The Bertz CT molecular complexity index is 707. The molecule has 0 fully saturated rings. The third kappa shape index (κ3) is 5.05. The lowest BCUT2D eigenvalue weighted by atomic mass is 9.83. The maximum atomic E-state index is 4.85. The molecular weight excluding hydrogens is 328 g/mol. The number of fused-ring (bicyclic) bond motifs is 1. The summed E-state index contributed by atoms with van der Waals surface area (Å²) in [6.07, 6.45) is 4.64. The van der Waals surface area contributed by atoms with Gasteiger partial charge in [-0.15, -0.1) is 11.3 Å². The highest BCUT2D eigenvalue weighted by molar-refractivity contribution is 7.09. The molecule has 0 aliphatic heterocycles. The number of aryl methyl sites for hydroxylation is 2. The van der Waals surface area contributed by atoms with Gasteiger partial charge in [0.2, 0.25) is 0 Å². The first-order valence-electron chi connectivity index (χ1n) is 9.27. The number of guanidine groups is 1. The minimum absolute atomic E-state index is 0.543. The van der Waals surface area contributed by atoms with Crippen LogP contribution >= 0.6 is 11.3 Å². The van der Waals surface area contributed by atoms with Crippen LogP contribution in [0, 0.1) is 6.92 Å². The van der Waals surface area contributed by atoms with Crippen molar-refractivity contribution in [3.05, 3.63) is 51.5 Å². The van der Waals surface area contributed by atoms with Crippen LogP contribution in [0.15, 0.2) is 34.6 Å². The van der Waals surface area contributed by atoms with Crippen LogP contribution in [0.4, 0.5) is 0 Å². The average Bonchev–Trinajstić information content (AvgIpc) is 3.05. The monoisotopic (exact) mass is 356 g/mol. The molecule has 0 bridgehead atoms. The molecule has 1 aromatic heterocycles. The molecule has 2 aromatic rings. The Labute approximate surface area is 154 Å². The first-order chi connectivity index (χ1) is 12.3. The van der Waals surface area contributed by atoms with E-state index < -0.39 is 0 Å². The summed E-state index contributed by atoms with van der Waals surface area (Å²) in [6, 6.07) is 8.85. The molecule has 1 aliphatic rings. The van der Waals surface area contributed by atoms with Crippen molar-refractivity contribution in [2.24, 2.45) is 4.99 Å². The van der Waals surface area contributed by atoms with Gasteiger partial charge in [0.1, 0.15) is 0 Å². The maximum absolute atomic E-state index is 4.85. The fourth-order valence-electron chi connectivity index (χ4n) is 3.42. The van der Waals surface area contributed by atoms with Gasteiger partial charge in [-0.2, -0.15) is 0 Å². The van der Waals surface area contributed by atoms with Gasteiger partial charge in [0, 0.05) is 37.4 Å². The zero-order valence-electron chi connectivity index (χ0n) is 15.2. The standard InChI is InChI=1S/C20H28N4S/c1-3-21-20(22-12-11-18-14-25-15(2)24-18)23-13-17-9-6-8-16-7-4-5-10-19(16)17/h4-5,7,10,14,17H,3,6,8-9,11-13H2,1-2H3,(H2,21,22,23). The summed E-state index contributed by atoms with van der Waals surface area (Å²) in [5.74, 6) is 1.46. The Morgan fingerprint density at radius 1 is 1.32 bits per heavy atom. The van der Waals surface area contributed by atoms with Gasteiger partial charge in [-0.05, 0) is 44.2 Å². The quantitative estimate of drug-likeness (QED) is 0.613. The van der Waals surface area contributed by atoms with Crippen molar-refractivity contribution in [3.8, 4) is 0 Å². The summed E-state index contributed by atoms with van der Waals surface area (Å²) >= 11 is 1.71. The third-order valence-corrected chi connectivity index (χ3v) is 5.47. The second-order valence-corrected chi connectivity index (χ2v) is 7.60.